The fraction of sp³-hybridized carbons (Fsp3) is 0.0435. The van der Waals surface area contributed by atoms with Crippen LogP contribution in [-0.4, -0.2) is 23.0 Å². The number of rotatable bonds is 3. The van der Waals surface area contributed by atoms with Gasteiger partial charge in [0.05, 0.1) is 11.1 Å². The lowest BCUT2D eigenvalue weighted by atomic mass is 10.00. The van der Waals surface area contributed by atoms with Crippen LogP contribution in [0.15, 0.2) is 84.1 Å². The summed E-state index contributed by atoms with van der Waals surface area (Å²) in [6.07, 6.45) is 5.52. The predicted octanol–water partition coefficient (Wildman–Crippen LogP) is 4.17. The Labute approximate surface area is 173 Å². The number of fused-ring (bicyclic) bond motifs is 2. The molecule has 6 nitrogen and oxygen atoms in total. The number of benzene rings is 3. The fourth-order valence-electron chi connectivity index (χ4n) is 3.71. The molecule has 5 aromatic rings. The molecule has 2 aromatic heterocycles. The molecule has 0 atom stereocenters. The topological polar surface area (TPSA) is 90.3 Å². The highest BCUT2D eigenvalue weighted by molar-refractivity contribution is 7.89. The molecule has 148 valence electrons. The summed E-state index contributed by atoms with van der Waals surface area (Å²) in [7, 11) is -3.83. The van der Waals surface area contributed by atoms with Crippen LogP contribution in [0, 0.1) is 6.92 Å². The minimum Gasteiger partial charge on any atom is -0.236 e. The van der Waals surface area contributed by atoms with Gasteiger partial charge < -0.3 is 0 Å². The molecule has 5 rings (SSSR count). The van der Waals surface area contributed by atoms with Gasteiger partial charge >= 0.3 is 0 Å². The molecule has 0 aliphatic heterocycles. The Balaban J connectivity index is 1.69. The van der Waals surface area contributed by atoms with E-state index in [1.807, 2.05) is 24.5 Å². The minimum absolute atomic E-state index is 0.105. The van der Waals surface area contributed by atoms with Gasteiger partial charge in [0.2, 0.25) is 10.0 Å². The van der Waals surface area contributed by atoms with Crippen LogP contribution < -0.4 is 5.14 Å². The summed E-state index contributed by atoms with van der Waals surface area (Å²) < 4.78 is 25.7. The summed E-state index contributed by atoms with van der Waals surface area (Å²) in [5.41, 5.74) is 5.59. The van der Waals surface area contributed by atoms with Gasteiger partial charge in [0.15, 0.2) is 5.65 Å². The van der Waals surface area contributed by atoms with Gasteiger partial charge in [0.1, 0.15) is 0 Å². The highest BCUT2D eigenvalue weighted by atomic mass is 32.2. The Morgan fingerprint density at radius 2 is 1.57 bits per heavy atom. The van der Waals surface area contributed by atoms with E-state index in [1.54, 1.807) is 28.9 Å². The second-order valence-corrected chi connectivity index (χ2v) is 8.77. The highest BCUT2D eigenvalue weighted by Crippen LogP contribution is 2.34. The van der Waals surface area contributed by atoms with E-state index in [1.165, 1.54) is 11.6 Å². The summed E-state index contributed by atoms with van der Waals surface area (Å²) in [4.78, 5) is 4.76. The van der Waals surface area contributed by atoms with Crippen molar-refractivity contribution in [2.75, 3.05) is 0 Å². The number of hydrogen-bond acceptors (Lipinski definition) is 4. The van der Waals surface area contributed by atoms with Crippen molar-refractivity contribution >= 4 is 26.4 Å². The number of sulfonamides is 1. The van der Waals surface area contributed by atoms with E-state index in [-0.39, 0.29) is 4.90 Å². The summed E-state index contributed by atoms with van der Waals surface area (Å²) in [5.74, 6) is 0. The molecule has 3 aromatic carbocycles. The van der Waals surface area contributed by atoms with E-state index in [4.69, 9.17) is 5.14 Å². The first-order valence-electron chi connectivity index (χ1n) is 9.37. The standard InChI is InChI=1S/C23H18N4O2S/c1-15-6-8-16(9-7-15)17-12-25-23-21(13-26-27(23)14-17)19-10-11-22(30(24,28)29)20-5-3-2-4-18(19)20/h2-14H,1H3,(H2,24,28,29). The first kappa shape index (κ1) is 18.5. The molecule has 0 aliphatic carbocycles. The van der Waals surface area contributed by atoms with Crippen molar-refractivity contribution < 1.29 is 8.42 Å². The molecular weight excluding hydrogens is 396 g/mol. The summed E-state index contributed by atoms with van der Waals surface area (Å²) in [5, 5.41) is 11.3. The third kappa shape index (κ3) is 3.04. The van der Waals surface area contributed by atoms with Gasteiger partial charge in [0.25, 0.3) is 0 Å². The number of primary sulfonamides is 1. The van der Waals surface area contributed by atoms with Crippen LogP contribution in [0.3, 0.4) is 0 Å². The molecule has 7 heteroatoms. The van der Waals surface area contributed by atoms with Gasteiger partial charge in [0, 0.05) is 28.9 Å². The molecule has 0 unspecified atom stereocenters. The average Bonchev–Trinajstić information content (AvgIpc) is 3.16. The van der Waals surface area contributed by atoms with Crippen molar-refractivity contribution in [2.24, 2.45) is 5.14 Å². The number of aromatic nitrogens is 3. The molecule has 2 heterocycles. The van der Waals surface area contributed by atoms with Crippen molar-refractivity contribution in [1.82, 2.24) is 14.6 Å². The zero-order valence-electron chi connectivity index (χ0n) is 16.1. The molecule has 0 saturated carbocycles. The van der Waals surface area contributed by atoms with Crippen LogP contribution in [0.25, 0.3) is 38.7 Å². The number of aryl methyl sites for hydroxylation is 1. The molecule has 0 saturated heterocycles. The van der Waals surface area contributed by atoms with E-state index in [0.717, 1.165) is 27.6 Å². The Hall–Kier alpha value is -3.55. The molecule has 0 spiro atoms. The van der Waals surface area contributed by atoms with E-state index in [2.05, 4.69) is 41.3 Å². The van der Waals surface area contributed by atoms with Crippen LogP contribution in [0.4, 0.5) is 0 Å². The molecule has 0 bridgehead atoms. The lowest BCUT2D eigenvalue weighted by Gasteiger charge is -2.09. The molecule has 0 aliphatic rings. The lowest BCUT2D eigenvalue weighted by molar-refractivity contribution is 0.598. The van der Waals surface area contributed by atoms with E-state index in [9.17, 15) is 8.42 Å². The molecular formula is C23H18N4O2S. The maximum Gasteiger partial charge on any atom is 0.238 e. The second-order valence-electron chi connectivity index (χ2n) is 7.24. The van der Waals surface area contributed by atoms with Crippen molar-refractivity contribution in [3.05, 3.63) is 84.8 Å². The largest absolute Gasteiger partial charge is 0.238 e. The monoisotopic (exact) mass is 414 g/mol. The quantitative estimate of drug-likeness (QED) is 0.480. The molecule has 30 heavy (non-hydrogen) atoms. The van der Waals surface area contributed by atoms with Gasteiger partial charge in [-0.2, -0.15) is 5.10 Å². The van der Waals surface area contributed by atoms with E-state index in [0.29, 0.717) is 11.0 Å². The summed E-state index contributed by atoms with van der Waals surface area (Å²) in [6, 6.07) is 18.8. The van der Waals surface area contributed by atoms with Crippen LogP contribution in [0.2, 0.25) is 0 Å². The van der Waals surface area contributed by atoms with Gasteiger partial charge in [-0.3, -0.25) is 0 Å². The third-order valence-corrected chi connectivity index (χ3v) is 6.19. The summed E-state index contributed by atoms with van der Waals surface area (Å²) >= 11 is 0. The maximum atomic E-state index is 12.0. The highest BCUT2D eigenvalue weighted by Gasteiger charge is 2.17. The zero-order valence-corrected chi connectivity index (χ0v) is 17.0. The summed E-state index contributed by atoms with van der Waals surface area (Å²) in [6.45, 7) is 2.05. The van der Waals surface area contributed by atoms with E-state index < -0.39 is 10.0 Å². The minimum atomic E-state index is -3.83. The number of nitrogens with two attached hydrogens (primary N) is 1. The average molecular weight is 414 g/mol. The predicted molar refractivity (Wildman–Crippen MR) is 117 cm³/mol. The molecule has 0 amide bonds. The van der Waals surface area contributed by atoms with Gasteiger partial charge in [-0.1, -0.05) is 60.2 Å². The zero-order chi connectivity index (χ0) is 20.9. The molecule has 0 fully saturated rings. The normalized spacial score (nSPS) is 11.9. The lowest BCUT2D eigenvalue weighted by Crippen LogP contribution is -2.12. The van der Waals surface area contributed by atoms with Crippen molar-refractivity contribution in [3.8, 4) is 22.3 Å². The van der Waals surface area contributed by atoms with Crippen LogP contribution in [0.1, 0.15) is 5.56 Å². The van der Waals surface area contributed by atoms with Crippen molar-refractivity contribution in [3.63, 3.8) is 0 Å². The number of nitrogens with zero attached hydrogens (tertiary/aromatic N) is 3. The third-order valence-electron chi connectivity index (χ3n) is 5.22. The fourth-order valence-corrected chi connectivity index (χ4v) is 4.46. The SMILES string of the molecule is Cc1ccc(-c2cnc3c(-c4ccc(S(N)(=O)=O)c5ccccc45)cnn3c2)cc1. The Bertz CT molecular complexity index is 1520. The van der Waals surface area contributed by atoms with E-state index >= 15 is 0 Å². The van der Waals surface area contributed by atoms with Gasteiger partial charge in [-0.15, -0.1) is 0 Å². The Morgan fingerprint density at radius 1 is 0.833 bits per heavy atom. The van der Waals surface area contributed by atoms with Crippen molar-refractivity contribution in [1.29, 1.82) is 0 Å². The van der Waals surface area contributed by atoms with Gasteiger partial charge in [-0.05, 0) is 29.5 Å². The Morgan fingerprint density at radius 3 is 2.30 bits per heavy atom. The second kappa shape index (κ2) is 6.76. The van der Waals surface area contributed by atoms with Crippen LogP contribution in [0.5, 0.6) is 0 Å². The number of hydrogen-bond donors (Lipinski definition) is 1. The Kier molecular flexibility index (Phi) is 4.16. The van der Waals surface area contributed by atoms with Crippen LogP contribution >= 0.6 is 0 Å². The van der Waals surface area contributed by atoms with Crippen LogP contribution in [-0.2, 0) is 10.0 Å². The first-order chi connectivity index (χ1) is 14.4. The molecule has 2 N–H and O–H groups in total. The first-order valence-corrected chi connectivity index (χ1v) is 10.9. The maximum absolute atomic E-state index is 12.0. The van der Waals surface area contributed by atoms with Crippen molar-refractivity contribution in [2.45, 2.75) is 11.8 Å². The molecule has 0 radical (unpaired) electrons. The smallest absolute Gasteiger partial charge is 0.236 e. The van der Waals surface area contributed by atoms with Gasteiger partial charge in [-0.25, -0.2) is 23.1 Å².